The van der Waals surface area contributed by atoms with Crippen LogP contribution in [0.1, 0.15) is 38.3 Å². The molecule has 1 fully saturated rings. The van der Waals surface area contributed by atoms with E-state index in [0.29, 0.717) is 13.2 Å². The van der Waals surface area contributed by atoms with Gasteiger partial charge in [0.05, 0.1) is 25.4 Å². The maximum Gasteiger partial charge on any atom is 0.162 e. The first kappa shape index (κ1) is 21.0. The number of hydrogen-bond donors (Lipinski definition) is 0. The molecule has 0 spiro atoms. The molecule has 4 nitrogen and oxygen atoms in total. The van der Waals surface area contributed by atoms with E-state index in [-0.39, 0.29) is 24.4 Å². The minimum atomic E-state index is -0.576. The number of benzene rings is 2. The molecule has 28 heavy (non-hydrogen) atoms. The molecule has 3 rings (SSSR count). The average Bonchev–Trinajstić information content (AvgIpc) is 2.74. The molecule has 152 valence electrons. The van der Waals surface area contributed by atoms with E-state index >= 15 is 0 Å². The molecule has 0 saturated carbocycles. The van der Waals surface area contributed by atoms with Crippen molar-refractivity contribution in [3.63, 3.8) is 0 Å². The summed E-state index contributed by atoms with van der Waals surface area (Å²) in [5.41, 5.74) is 1.71. The first-order valence-corrected chi connectivity index (χ1v) is 10.1. The Bertz CT molecular complexity index is 705. The SMILES string of the molecule is CC[C@H]1O[C@H](OC)[C@H](C)[C@@H](OCc2ccccc2)[C@]1(C)OCc1ccccc1. The normalized spacial score (nSPS) is 30.3. The first-order valence-electron chi connectivity index (χ1n) is 10.1. The van der Waals surface area contributed by atoms with Crippen LogP contribution >= 0.6 is 0 Å². The van der Waals surface area contributed by atoms with Gasteiger partial charge in [0.2, 0.25) is 0 Å². The van der Waals surface area contributed by atoms with E-state index in [1.807, 2.05) is 36.4 Å². The number of rotatable bonds is 8. The van der Waals surface area contributed by atoms with Gasteiger partial charge in [-0.1, -0.05) is 74.5 Å². The highest BCUT2D eigenvalue weighted by molar-refractivity contribution is 5.15. The van der Waals surface area contributed by atoms with Crippen LogP contribution in [0, 0.1) is 5.92 Å². The Morgan fingerprint density at radius 3 is 2.04 bits per heavy atom. The van der Waals surface area contributed by atoms with Crippen LogP contribution in [0.15, 0.2) is 60.7 Å². The molecule has 0 bridgehead atoms. The van der Waals surface area contributed by atoms with Crippen LogP contribution in [0.5, 0.6) is 0 Å². The van der Waals surface area contributed by atoms with E-state index in [1.54, 1.807) is 7.11 Å². The lowest BCUT2D eigenvalue weighted by molar-refractivity contribution is -0.323. The summed E-state index contributed by atoms with van der Waals surface area (Å²) in [4.78, 5) is 0. The van der Waals surface area contributed by atoms with Gasteiger partial charge in [-0.05, 0) is 24.5 Å². The Kier molecular flexibility index (Phi) is 7.24. The van der Waals surface area contributed by atoms with Crippen molar-refractivity contribution in [2.75, 3.05) is 7.11 Å². The van der Waals surface area contributed by atoms with Crippen molar-refractivity contribution < 1.29 is 18.9 Å². The third-order valence-electron chi connectivity index (χ3n) is 5.68. The standard InChI is InChI=1S/C24H32O4/c1-5-21-24(3,27-17-20-14-10-7-11-15-20)22(18(2)23(25-4)28-21)26-16-19-12-8-6-9-13-19/h6-15,18,21-23H,5,16-17H2,1-4H3/t18-,21-,22-,23+,24-/m1/s1. The van der Waals surface area contributed by atoms with Gasteiger partial charge < -0.3 is 18.9 Å². The third-order valence-corrected chi connectivity index (χ3v) is 5.68. The Balaban J connectivity index is 1.81. The number of ether oxygens (including phenoxy) is 4. The van der Waals surface area contributed by atoms with E-state index < -0.39 is 5.60 Å². The predicted molar refractivity (Wildman–Crippen MR) is 110 cm³/mol. The molecule has 1 aliphatic rings. The zero-order valence-electron chi connectivity index (χ0n) is 17.3. The van der Waals surface area contributed by atoms with Crippen molar-refractivity contribution in [3.8, 4) is 0 Å². The molecule has 0 unspecified atom stereocenters. The second kappa shape index (κ2) is 9.66. The van der Waals surface area contributed by atoms with Gasteiger partial charge in [0.1, 0.15) is 5.60 Å². The van der Waals surface area contributed by atoms with Crippen molar-refractivity contribution in [3.05, 3.63) is 71.8 Å². The zero-order chi connectivity index (χ0) is 20.0. The quantitative estimate of drug-likeness (QED) is 0.644. The van der Waals surface area contributed by atoms with Gasteiger partial charge in [-0.2, -0.15) is 0 Å². The summed E-state index contributed by atoms with van der Waals surface area (Å²) in [7, 11) is 1.69. The van der Waals surface area contributed by atoms with Crippen molar-refractivity contribution in [1.82, 2.24) is 0 Å². The summed E-state index contributed by atoms with van der Waals surface area (Å²) in [6.07, 6.45) is 0.251. The molecule has 5 atom stereocenters. The van der Waals surface area contributed by atoms with E-state index in [4.69, 9.17) is 18.9 Å². The summed E-state index contributed by atoms with van der Waals surface area (Å²) >= 11 is 0. The van der Waals surface area contributed by atoms with Crippen LogP contribution < -0.4 is 0 Å². The van der Waals surface area contributed by atoms with Gasteiger partial charge in [-0.15, -0.1) is 0 Å². The Morgan fingerprint density at radius 2 is 1.50 bits per heavy atom. The summed E-state index contributed by atoms with van der Waals surface area (Å²) in [5, 5.41) is 0. The number of hydrogen-bond acceptors (Lipinski definition) is 4. The summed E-state index contributed by atoms with van der Waals surface area (Å²) in [5.74, 6) is 0.0392. The smallest absolute Gasteiger partial charge is 0.162 e. The van der Waals surface area contributed by atoms with Crippen molar-refractivity contribution in [2.45, 2.75) is 64.5 Å². The molecular weight excluding hydrogens is 352 g/mol. The molecule has 2 aromatic rings. The number of methoxy groups -OCH3 is 1. The Labute approximate surface area is 168 Å². The van der Waals surface area contributed by atoms with E-state index in [2.05, 4.69) is 45.0 Å². The van der Waals surface area contributed by atoms with Gasteiger partial charge in [0, 0.05) is 13.0 Å². The van der Waals surface area contributed by atoms with Crippen molar-refractivity contribution >= 4 is 0 Å². The molecule has 2 aromatic carbocycles. The minimum Gasteiger partial charge on any atom is -0.370 e. The van der Waals surface area contributed by atoms with Crippen LogP contribution in [0.3, 0.4) is 0 Å². The molecule has 1 aliphatic heterocycles. The van der Waals surface area contributed by atoms with Crippen molar-refractivity contribution in [2.24, 2.45) is 5.92 Å². The molecular formula is C24H32O4. The fraction of sp³-hybridized carbons (Fsp3) is 0.500. The highest BCUT2D eigenvalue weighted by Gasteiger charge is 2.53. The zero-order valence-corrected chi connectivity index (χ0v) is 17.3. The lowest BCUT2D eigenvalue weighted by Gasteiger charge is -2.51. The highest BCUT2D eigenvalue weighted by Crippen LogP contribution is 2.40. The molecule has 4 heteroatoms. The lowest BCUT2D eigenvalue weighted by atomic mass is 9.80. The first-order chi connectivity index (χ1) is 13.6. The summed E-state index contributed by atoms with van der Waals surface area (Å²) in [6, 6.07) is 20.5. The highest BCUT2D eigenvalue weighted by atomic mass is 16.7. The monoisotopic (exact) mass is 384 g/mol. The average molecular weight is 385 g/mol. The van der Waals surface area contributed by atoms with Gasteiger partial charge in [0.15, 0.2) is 6.29 Å². The molecule has 0 amide bonds. The fourth-order valence-corrected chi connectivity index (χ4v) is 4.11. The molecule has 0 N–H and O–H groups in total. The maximum atomic E-state index is 6.52. The maximum absolute atomic E-state index is 6.52. The molecule has 0 radical (unpaired) electrons. The molecule has 1 heterocycles. The van der Waals surface area contributed by atoms with Crippen LogP contribution in [-0.4, -0.2) is 31.2 Å². The van der Waals surface area contributed by atoms with Crippen LogP contribution in [-0.2, 0) is 32.2 Å². The van der Waals surface area contributed by atoms with Gasteiger partial charge in [-0.3, -0.25) is 0 Å². The van der Waals surface area contributed by atoms with Crippen molar-refractivity contribution in [1.29, 1.82) is 0 Å². The van der Waals surface area contributed by atoms with E-state index in [1.165, 1.54) is 0 Å². The summed E-state index contributed by atoms with van der Waals surface area (Å²) < 4.78 is 24.9. The fourth-order valence-electron chi connectivity index (χ4n) is 4.11. The van der Waals surface area contributed by atoms with Gasteiger partial charge >= 0.3 is 0 Å². The summed E-state index contributed by atoms with van der Waals surface area (Å²) in [6.45, 7) is 7.40. The van der Waals surface area contributed by atoms with Gasteiger partial charge in [-0.25, -0.2) is 0 Å². The third kappa shape index (κ3) is 4.64. The van der Waals surface area contributed by atoms with Crippen LogP contribution in [0.25, 0.3) is 0 Å². The second-order valence-electron chi connectivity index (χ2n) is 7.67. The predicted octanol–water partition coefficient (Wildman–Crippen LogP) is 4.96. The molecule has 1 saturated heterocycles. The molecule has 0 aromatic heterocycles. The van der Waals surface area contributed by atoms with Crippen LogP contribution in [0.4, 0.5) is 0 Å². The second-order valence-corrected chi connectivity index (χ2v) is 7.67. The molecule has 0 aliphatic carbocycles. The Hall–Kier alpha value is -1.72. The largest absolute Gasteiger partial charge is 0.370 e. The lowest BCUT2D eigenvalue weighted by Crippen LogP contribution is -2.63. The topological polar surface area (TPSA) is 36.9 Å². The minimum absolute atomic E-state index is 0.0392. The van der Waals surface area contributed by atoms with Gasteiger partial charge in [0.25, 0.3) is 0 Å². The van der Waals surface area contributed by atoms with Crippen LogP contribution in [0.2, 0.25) is 0 Å². The van der Waals surface area contributed by atoms with E-state index in [9.17, 15) is 0 Å². The van der Waals surface area contributed by atoms with E-state index in [0.717, 1.165) is 17.5 Å². The Morgan fingerprint density at radius 1 is 0.929 bits per heavy atom.